The van der Waals surface area contributed by atoms with E-state index in [1.54, 1.807) is 11.8 Å². The molecule has 3 amide bonds. The summed E-state index contributed by atoms with van der Waals surface area (Å²) < 4.78 is 5.05. The van der Waals surface area contributed by atoms with Crippen LogP contribution in [0.1, 0.15) is 45.1 Å². The predicted octanol–water partition coefficient (Wildman–Crippen LogP) is 1.35. The topological polar surface area (TPSA) is 105 Å². The number of ether oxygens (including phenoxy) is 1. The van der Waals surface area contributed by atoms with Crippen LogP contribution >= 0.6 is 0 Å². The lowest BCUT2D eigenvalue weighted by Crippen LogP contribution is -2.39. The smallest absolute Gasteiger partial charge is 0.311 e. The maximum Gasteiger partial charge on any atom is 0.311 e. The van der Waals surface area contributed by atoms with Crippen molar-refractivity contribution in [2.24, 2.45) is 5.92 Å². The average Bonchev–Trinajstić information content (AvgIpc) is 3.11. The number of para-hydroxylation sites is 1. The van der Waals surface area contributed by atoms with E-state index in [0.717, 1.165) is 17.7 Å². The summed E-state index contributed by atoms with van der Waals surface area (Å²) in [6, 6.07) is 7.71. The van der Waals surface area contributed by atoms with Gasteiger partial charge >= 0.3 is 5.97 Å². The summed E-state index contributed by atoms with van der Waals surface area (Å²) in [5.74, 6) is -1.93. The molecule has 1 aromatic rings. The normalized spacial score (nSPS) is 17.0. The molecule has 0 spiro atoms. The Kier molecular flexibility index (Phi) is 8.18. The van der Waals surface area contributed by atoms with Crippen molar-refractivity contribution in [3.8, 4) is 0 Å². The Morgan fingerprint density at radius 1 is 1.17 bits per heavy atom. The molecule has 0 aromatic heterocycles. The van der Waals surface area contributed by atoms with Gasteiger partial charge < -0.3 is 20.3 Å². The molecule has 2 atom stereocenters. The number of amides is 3. The van der Waals surface area contributed by atoms with Crippen LogP contribution in [-0.4, -0.2) is 49.9 Å². The molecule has 8 heteroatoms. The van der Waals surface area contributed by atoms with E-state index in [4.69, 9.17) is 4.74 Å². The van der Waals surface area contributed by atoms with Gasteiger partial charge in [-0.05, 0) is 30.9 Å². The van der Waals surface area contributed by atoms with Crippen LogP contribution in [-0.2, 0) is 23.9 Å². The summed E-state index contributed by atoms with van der Waals surface area (Å²) in [6.07, 6.45) is 0.990. The summed E-state index contributed by atoms with van der Waals surface area (Å²) in [5, 5.41) is 4.93. The van der Waals surface area contributed by atoms with Crippen LogP contribution < -0.4 is 15.5 Å². The maximum absolute atomic E-state index is 12.5. The fourth-order valence-electron chi connectivity index (χ4n) is 3.21. The second-order valence-corrected chi connectivity index (χ2v) is 7.11. The molecule has 158 valence electrons. The third kappa shape index (κ3) is 6.04. The van der Waals surface area contributed by atoms with Crippen molar-refractivity contribution in [2.45, 2.75) is 39.5 Å². The minimum atomic E-state index is -0.622. The Morgan fingerprint density at radius 3 is 2.59 bits per heavy atom. The molecule has 1 aromatic carbocycles. The van der Waals surface area contributed by atoms with Crippen LogP contribution in [0.3, 0.4) is 0 Å². The number of nitrogens with zero attached hydrogens (tertiary/aromatic N) is 1. The lowest BCUT2D eigenvalue weighted by Gasteiger charge is -2.23. The highest BCUT2D eigenvalue weighted by Crippen LogP contribution is 2.33. The average molecular weight is 403 g/mol. The van der Waals surface area contributed by atoms with Gasteiger partial charge in [-0.3, -0.25) is 19.2 Å². The number of nitrogens with one attached hydrogen (secondary N) is 2. The van der Waals surface area contributed by atoms with Crippen LogP contribution in [0, 0.1) is 5.92 Å². The van der Waals surface area contributed by atoms with E-state index >= 15 is 0 Å². The Hall–Kier alpha value is -2.90. The SMILES string of the molecule is CCNC(=O)CNC(=O)COC(=O)[C@@H]1CC(=O)N(c2ccccc2[C@@H](C)CC)C1. The molecule has 1 fully saturated rings. The molecule has 1 aliphatic heterocycles. The van der Waals surface area contributed by atoms with E-state index in [9.17, 15) is 19.2 Å². The minimum Gasteiger partial charge on any atom is -0.455 e. The molecular formula is C21H29N3O5. The fourth-order valence-corrected chi connectivity index (χ4v) is 3.21. The van der Waals surface area contributed by atoms with Crippen LogP contribution in [0.15, 0.2) is 24.3 Å². The van der Waals surface area contributed by atoms with E-state index < -0.39 is 24.4 Å². The number of rotatable bonds is 9. The molecule has 0 aliphatic carbocycles. The first-order valence-electron chi connectivity index (χ1n) is 9.96. The molecule has 2 N–H and O–H groups in total. The second kappa shape index (κ2) is 10.6. The monoisotopic (exact) mass is 403 g/mol. The Bertz CT molecular complexity index is 764. The maximum atomic E-state index is 12.5. The summed E-state index contributed by atoms with van der Waals surface area (Å²) in [7, 11) is 0. The highest BCUT2D eigenvalue weighted by atomic mass is 16.5. The number of carbonyl (C=O) groups excluding carboxylic acids is 4. The highest BCUT2D eigenvalue weighted by molar-refractivity contribution is 6.00. The van der Waals surface area contributed by atoms with Crippen molar-refractivity contribution in [3.63, 3.8) is 0 Å². The number of hydrogen-bond acceptors (Lipinski definition) is 5. The molecule has 0 radical (unpaired) electrons. The zero-order valence-corrected chi connectivity index (χ0v) is 17.2. The fraction of sp³-hybridized carbons (Fsp3) is 0.524. The van der Waals surface area contributed by atoms with E-state index in [0.29, 0.717) is 12.5 Å². The minimum absolute atomic E-state index is 0.0498. The molecule has 8 nitrogen and oxygen atoms in total. The van der Waals surface area contributed by atoms with Gasteiger partial charge in [-0.25, -0.2) is 0 Å². The largest absolute Gasteiger partial charge is 0.455 e. The first-order chi connectivity index (χ1) is 13.9. The van der Waals surface area contributed by atoms with E-state index in [1.165, 1.54) is 0 Å². The van der Waals surface area contributed by atoms with Crippen molar-refractivity contribution in [1.29, 1.82) is 0 Å². The number of esters is 1. The molecule has 1 heterocycles. The lowest BCUT2D eigenvalue weighted by atomic mass is 9.96. The summed E-state index contributed by atoms with van der Waals surface area (Å²) in [4.78, 5) is 49.5. The third-order valence-electron chi connectivity index (χ3n) is 4.99. The Balaban J connectivity index is 1.91. The van der Waals surface area contributed by atoms with Crippen LogP contribution in [0.2, 0.25) is 0 Å². The van der Waals surface area contributed by atoms with Crippen molar-refractivity contribution in [2.75, 3.05) is 31.1 Å². The first kappa shape index (κ1) is 22.4. The number of carbonyl (C=O) groups is 4. The van der Waals surface area contributed by atoms with Gasteiger partial charge in [0.1, 0.15) is 0 Å². The molecule has 1 aliphatic rings. The van der Waals surface area contributed by atoms with Crippen LogP contribution in [0.25, 0.3) is 0 Å². The standard InChI is InChI=1S/C21H29N3O5/c1-4-14(3)16-8-6-7-9-17(16)24-12-15(10-20(24)27)21(28)29-13-19(26)23-11-18(25)22-5-2/h6-9,14-15H,4-5,10-13H2,1-3H3,(H,22,25)(H,23,26)/t14-,15+/m0/s1. The van der Waals surface area contributed by atoms with Crippen molar-refractivity contribution >= 4 is 29.4 Å². The molecule has 0 unspecified atom stereocenters. The highest BCUT2D eigenvalue weighted by Gasteiger charge is 2.37. The zero-order valence-electron chi connectivity index (χ0n) is 17.2. The van der Waals surface area contributed by atoms with E-state index in [2.05, 4.69) is 24.5 Å². The molecule has 29 heavy (non-hydrogen) atoms. The third-order valence-corrected chi connectivity index (χ3v) is 4.99. The number of anilines is 1. The Morgan fingerprint density at radius 2 is 1.90 bits per heavy atom. The first-order valence-corrected chi connectivity index (χ1v) is 9.96. The predicted molar refractivity (Wildman–Crippen MR) is 108 cm³/mol. The number of likely N-dealkylation sites (N-methyl/N-ethyl adjacent to an activating group) is 1. The molecule has 0 bridgehead atoms. The van der Waals surface area contributed by atoms with Crippen molar-refractivity contribution in [3.05, 3.63) is 29.8 Å². The van der Waals surface area contributed by atoms with Gasteiger partial charge in [0.05, 0.1) is 12.5 Å². The molecule has 0 saturated carbocycles. The summed E-state index contributed by atoms with van der Waals surface area (Å²) in [6.45, 7) is 6.00. The molecular weight excluding hydrogens is 374 g/mol. The quantitative estimate of drug-likeness (QED) is 0.606. The van der Waals surface area contributed by atoms with Crippen LogP contribution in [0.4, 0.5) is 5.69 Å². The number of benzene rings is 1. The van der Waals surface area contributed by atoms with Gasteiger partial charge in [0.2, 0.25) is 11.8 Å². The van der Waals surface area contributed by atoms with Gasteiger partial charge in [0.25, 0.3) is 5.91 Å². The summed E-state index contributed by atoms with van der Waals surface area (Å²) in [5.41, 5.74) is 1.89. The van der Waals surface area contributed by atoms with Gasteiger partial charge in [-0.15, -0.1) is 0 Å². The van der Waals surface area contributed by atoms with Gasteiger partial charge in [-0.2, -0.15) is 0 Å². The van der Waals surface area contributed by atoms with Crippen molar-refractivity contribution < 1.29 is 23.9 Å². The number of hydrogen-bond donors (Lipinski definition) is 2. The Labute approximate surface area is 171 Å². The van der Waals surface area contributed by atoms with Gasteiger partial charge in [-0.1, -0.05) is 32.0 Å². The van der Waals surface area contributed by atoms with Gasteiger partial charge in [0, 0.05) is 25.2 Å². The molecule has 1 saturated heterocycles. The van der Waals surface area contributed by atoms with Crippen LogP contribution in [0.5, 0.6) is 0 Å². The molecule has 2 rings (SSSR count). The van der Waals surface area contributed by atoms with E-state index in [1.807, 2.05) is 24.3 Å². The zero-order chi connectivity index (χ0) is 21.4. The van der Waals surface area contributed by atoms with Crippen molar-refractivity contribution in [1.82, 2.24) is 10.6 Å². The second-order valence-electron chi connectivity index (χ2n) is 7.11. The summed E-state index contributed by atoms with van der Waals surface area (Å²) >= 11 is 0. The lowest BCUT2D eigenvalue weighted by molar-refractivity contribution is -0.152. The van der Waals surface area contributed by atoms with E-state index in [-0.39, 0.29) is 31.3 Å². The van der Waals surface area contributed by atoms with Gasteiger partial charge in [0.15, 0.2) is 6.61 Å².